The van der Waals surface area contributed by atoms with Gasteiger partial charge in [-0.15, -0.1) is 11.3 Å². The second kappa shape index (κ2) is 5.19. The van der Waals surface area contributed by atoms with Crippen molar-refractivity contribution in [3.8, 4) is 0 Å². The van der Waals surface area contributed by atoms with Crippen molar-refractivity contribution >= 4 is 22.7 Å². The molecule has 90 valence electrons. The van der Waals surface area contributed by atoms with E-state index in [4.69, 9.17) is 5.73 Å². The van der Waals surface area contributed by atoms with Gasteiger partial charge in [0.25, 0.3) is 0 Å². The topological polar surface area (TPSA) is 50.9 Å². The number of hydrogen-bond donors (Lipinski definition) is 2. The van der Waals surface area contributed by atoms with Crippen LogP contribution in [-0.2, 0) is 0 Å². The van der Waals surface area contributed by atoms with Crippen molar-refractivity contribution in [2.45, 2.75) is 26.3 Å². The molecule has 0 radical (unpaired) electrons. The lowest BCUT2D eigenvalue weighted by Gasteiger charge is -2.17. The minimum absolute atomic E-state index is 0.275. The Bertz CT molecular complexity index is 479. The number of rotatable bonds is 4. The van der Waals surface area contributed by atoms with E-state index in [1.165, 1.54) is 5.56 Å². The molecule has 3 nitrogen and oxygen atoms in total. The molecule has 1 aromatic carbocycles. The fourth-order valence-electron chi connectivity index (χ4n) is 1.78. The first-order valence-electron chi connectivity index (χ1n) is 5.72. The van der Waals surface area contributed by atoms with Gasteiger partial charge in [-0.1, -0.05) is 6.92 Å². The van der Waals surface area contributed by atoms with Gasteiger partial charge in [0.05, 0.1) is 6.04 Å². The molecule has 1 heterocycles. The molecule has 2 aromatic rings. The first-order valence-corrected chi connectivity index (χ1v) is 6.60. The van der Waals surface area contributed by atoms with Gasteiger partial charge in [-0.3, -0.25) is 0 Å². The molecule has 17 heavy (non-hydrogen) atoms. The third kappa shape index (κ3) is 2.77. The molecule has 1 atom stereocenters. The highest BCUT2D eigenvalue weighted by atomic mass is 32.1. The van der Waals surface area contributed by atoms with E-state index >= 15 is 0 Å². The van der Waals surface area contributed by atoms with Crippen molar-refractivity contribution in [2.75, 3.05) is 11.1 Å². The second-order valence-corrected chi connectivity index (χ2v) is 4.98. The zero-order valence-corrected chi connectivity index (χ0v) is 10.9. The van der Waals surface area contributed by atoms with Gasteiger partial charge in [0, 0.05) is 23.0 Å². The summed E-state index contributed by atoms with van der Waals surface area (Å²) in [6, 6.07) is 6.21. The molecule has 3 N–H and O–H groups in total. The first kappa shape index (κ1) is 11.9. The van der Waals surface area contributed by atoms with Gasteiger partial charge >= 0.3 is 0 Å². The number of nitrogens with one attached hydrogen (secondary N) is 1. The molecule has 0 saturated heterocycles. The second-order valence-electron chi connectivity index (χ2n) is 4.05. The van der Waals surface area contributed by atoms with E-state index < -0.39 is 0 Å². The standard InChI is InChI=1S/C13H17N3S/c1-3-11(13-15-6-7-17-13)16-12-5-4-10(14)8-9(12)2/h4-8,11,16H,3,14H2,1-2H3. The van der Waals surface area contributed by atoms with Crippen LogP contribution in [0.15, 0.2) is 29.8 Å². The van der Waals surface area contributed by atoms with Gasteiger partial charge in [-0.2, -0.15) is 0 Å². The SMILES string of the molecule is CCC(Nc1ccc(N)cc1C)c1nccs1. The predicted molar refractivity (Wildman–Crippen MR) is 74.4 cm³/mol. The van der Waals surface area contributed by atoms with Gasteiger partial charge in [-0.05, 0) is 37.1 Å². The van der Waals surface area contributed by atoms with Crippen LogP contribution < -0.4 is 11.1 Å². The highest BCUT2D eigenvalue weighted by molar-refractivity contribution is 7.09. The normalized spacial score (nSPS) is 12.4. The Morgan fingerprint density at radius 2 is 2.29 bits per heavy atom. The van der Waals surface area contributed by atoms with E-state index in [2.05, 4.69) is 24.1 Å². The van der Waals surface area contributed by atoms with Crippen molar-refractivity contribution in [3.63, 3.8) is 0 Å². The lowest BCUT2D eigenvalue weighted by atomic mass is 10.1. The quantitative estimate of drug-likeness (QED) is 0.812. The van der Waals surface area contributed by atoms with Crippen LogP contribution in [0.5, 0.6) is 0 Å². The van der Waals surface area contributed by atoms with Crippen LogP contribution in [0.25, 0.3) is 0 Å². The molecule has 0 spiro atoms. The van der Waals surface area contributed by atoms with Gasteiger partial charge in [0.15, 0.2) is 0 Å². The Labute approximate surface area is 106 Å². The Hall–Kier alpha value is -1.55. The Morgan fingerprint density at radius 1 is 1.47 bits per heavy atom. The van der Waals surface area contributed by atoms with Gasteiger partial charge in [0.2, 0.25) is 0 Å². The molecule has 0 aliphatic carbocycles. The predicted octanol–water partition coefficient (Wildman–Crippen LogP) is 3.60. The maximum atomic E-state index is 5.75. The number of anilines is 2. The summed E-state index contributed by atoms with van der Waals surface area (Å²) < 4.78 is 0. The van der Waals surface area contributed by atoms with Gasteiger partial charge < -0.3 is 11.1 Å². The Morgan fingerprint density at radius 3 is 2.88 bits per heavy atom. The summed E-state index contributed by atoms with van der Waals surface area (Å²) in [6.45, 7) is 4.22. The number of nitrogens with zero attached hydrogens (tertiary/aromatic N) is 1. The van der Waals surface area contributed by atoms with Gasteiger partial charge in [-0.25, -0.2) is 4.98 Å². The van der Waals surface area contributed by atoms with Crippen molar-refractivity contribution in [2.24, 2.45) is 0 Å². The molecule has 4 heteroatoms. The molecule has 0 aliphatic rings. The number of benzene rings is 1. The molecule has 1 unspecified atom stereocenters. The van der Waals surface area contributed by atoms with E-state index in [0.29, 0.717) is 0 Å². The van der Waals surface area contributed by atoms with E-state index in [0.717, 1.165) is 22.8 Å². The van der Waals surface area contributed by atoms with Crippen molar-refractivity contribution in [3.05, 3.63) is 40.3 Å². The van der Waals surface area contributed by atoms with Gasteiger partial charge in [0.1, 0.15) is 5.01 Å². The van der Waals surface area contributed by atoms with Crippen LogP contribution in [0, 0.1) is 6.92 Å². The fourth-order valence-corrected chi connectivity index (χ4v) is 2.55. The zero-order valence-electron chi connectivity index (χ0n) is 10.1. The van der Waals surface area contributed by atoms with Crippen LogP contribution in [0.4, 0.5) is 11.4 Å². The summed E-state index contributed by atoms with van der Waals surface area (Å²) in [5, 5.41) is 6.66. The molecular formula is C13H17N3S. The van der Waals surface area contributed by atoms with Crippen molar-refractivity contribution in [1.82, 2.24) is 4.98 Å². The Balaban J connectivity index is 2.19. The smallest absolute Gasteiger partial charge is 0.115 e. The van der Waals surface area contributed by atoms with Crippen LogP contribution in [0.1, 0.15) is 30.0 Å². The number of nitrogens with two attached hydrogens (primary N) is 1. The largest absolute Gasteiger partial charge is 0.399 e. The summed E-state index contributed by atoms with van der Waals surface area (Å²) in [6.07, 6.45) is 2.86. The first-order chi connectivity index (χ1) is 8.20. The third-order valence-corrected chi connectivity index (χ3v) is 3.63. The molecule has 0 bridgehead atoms. The van der Waals surface area contributed by atoms with Crippen molar-refractivity contribution in [1.29, 1.82) is 0 Å². The van der Waals surface area contributed by atoms with Crippen LogP contribution >= 0.6 is 11.3 Å². The molecule has 2 rings (SSSR count). The minimum Gasteiger partial charge on any atom is -0.399 e. The molecule has 1 aromatic heterocycles. The summed E-state index contributed by atoms with van der Waals surface area (Å²) in [7, 11) is 0. The van der Waals surface area contributed by atoms with E-state index in [1.54, 1.807) is 11.3 Å². The molecule has 0 amide bonds. The van der Waals surface area contributed by atoms with Crippen LogP contribution in [0.2, 0.25) is 0 Å². The monoisotopic (exact) mass is 247 g/mol. The van der Waals surface area contributed by atoms with Crippen LogP contribution in [0.3, 0.4) is 0 Å². The number of hydrogen-bond acceptors (Lipinski definition) is 4. The van der Waals surface area contributed by atoms with Crippen LogP contribution in [-0.4, -0.2) is 4.98 Å². The summed E-state index contributed by atoms with van der Waals surface area (Å²) in [5.74, 6) is 0. The van der Waals surface area contributed by atoms with Crippen molar-refractivity contribution < 1.29 is 0 Å². The number of aryl methyl sites for hydroxylation is 1. The molecular weight excluding hydrogens is 230 g/mol. The highest BCUT2D eigenvalue weighted by Crippen LogP contribution is 2.26. The number of aromatic nitrogens is 1. The van der Waals surface area contributed by atoms with E-state index in [9.17, 15) is 0 Å². The van der Waals surface area contributed by atoms with E-state index in [1.807, 2.05) is 29.8 Å². The zero-order chi connectivity index (χ0) is 12.3. The summed E-state index contributed by atoms with van der Waals surface area (Å²) >= 11 is 1.69. The fraction of sp³-hybridized carbons (Fsp3) is 0.308. The lowest BCUT2D eigenvalue weighted by molar-refractivity contribution is 0.741. The third-order valence-electron chi connectivity index (χ3n) is 2.74. The summed E-state index contributed by atoms with van der Waals surface area (Å²) in [5.41, 5.74) is 8.84. The molecule has 0 fully saturated rings. The average Bonchev–Trinajstić information content (AvgIpc) is 2.81. The number of nitrogen functional groups attached to an aromatic ring is 1. The minimum atomic E-state index is 0.275. The average molecular weight is 247 g/mol. The number of thiazole rings is 1. The molecule has 0 saturated carbocycles. The highest BCUT2D eigenvalue weighted by Gasteiger charge is 2.12. The Kier molecular flexibility index (Phi) is 3.64. The maximum Gasteiger partial charge on any atom is 0.115 e. The van der Waals surface area contributed by atoms with E-state index in [-0.39, 0.29) is 6.04 Å². The maximum absolute atomic E-state index is 5.75. The molecule has 0 aliphatic heterocycles. The lowest BCUT2D eigenvalue weighted by Crippen LogP contribution is -2.10. The summed E-state index contributed by atoms with van der Waals surface area (Å²) in [4.78, 5) is 4.36.